The molecule has 2 amide bonds. The Morgan fingerprint density at radius 2 is 2.42 bits per heavy atom. The molecule has 0 radical (unpaired) electrons. The van der Waals surface area contributed by atoms with Gasteiger partial charge in [0.2, 0.25) is 0 Å². The molecule has 0 saturated carbocycles. The number of nitrogens with one attached hydrogen (secondary N) is 2. The summed E-state index contributed by atoms with van der Waals surface area (Å²) in [5, 5.41) is 14.1. The molecule has 4 heterocycles. The van der Waals surface area contributed by atoms with Crippen LogP contribution in [0.2, 0.25) is 0 Å². The topological polar surface area (TPSA) is 90.5 Å². The van der Waals surface area contributed by atoms with E-state index in [1.54, 1.807) is 12.2 Å². The second-order valence-corrected chi connectivity index (χ2v) is 7.02. The van der Waals surface area contributed by atoms with Gasteiger partial charge in [-0.2, -0.15) is 0 Å². The van der Waals surface area contributed by atoms with E-state index in [2.05, 4.69) is 22.2 Å². The van der Waals surface area contributed by atoms with Crippen molar-refractivity contribution in [3.8, 4) is 5.75 Å². The minimum Gasteiger partial charge on any atom is -0.531 e. The molecule has 7 nitrogen and oxygen atoms in total. The van der Waals surface area contributed by atoms with Crippen molar-refractivity contribution in [2.75, 3.05) is 19.6 Å². The van der Waals surface area contributed by atoms with Crippen LogP contribution >= 0.6 is 0 Å². The highest BCUT2D eigenvalue weighted by Crippen LogP contribution is 2.43. The quantitative estimate of drug-likeness (QED) is 0.720. The zero-order valence-electron chi connectivity index (χ0n) is 15.0. The lowest BCUT2D eigenvalue weighted by Crippen LogP contribution is -2.48. The van der Waals surface area contributed by atoms with Crippen LogP contribution < -0.4 is 9.97 Å². The number of rotatable bonds is 2. The molecule has 0 aliphatic carbocycles. The van der Waals surface area contributed by atoms with Crippen molar-refractivity contribution in [3.05, 3.63) is 30.0 Å². The lowest BCUT2D eigenvalue weighted by Gasteiger charge is -2.39. The highest BCUT2D eigenvalue weighted by Gasteiger charge is 2.36. The largest absolute Gasteiger partial charge is 0.552 e. The van der Waals surface area contributed by atoms with E-state index in [4.69, 9.17) is 4.65 Å². The van der Waals surface area contributed by atoms with E-state index in [0.29, 0.717) is 24.8 Å². The lowest BCUT2D eigenvalue weighted by molar-refractivity contribution is 0.157. The number of likely N-dealkylation sites (tertiary alicyclic amines) is 1. The van der Waals surface area contributed by atoms with Crippen LogP contribution in [-0.2, 0) is 0 Å². The molecule has 2 atom stereocenters. The van der Waals surface area contributed by atoms with Gasteiger partial charge < -0.3 is 24.9 Å². The number of aromatic amines is 1. The number of carbonyl (C=O) groups excluding carboxylic acids is 1. The number of pyridine rings is 1. The summed E-state index contributed by atoms with van der Waals surface area (Å²) in [5.41, 5.74) is 2.79. The molecule has 2 aliphatic heterocycles. The Morgan fingerprint density at radius 1 is 1.58 bits per heavy atom. The van der Waals surface area contributed by atoms with Gasteiger partial charge in [-0.25, -0.2) is 9.78 Å². The number of carbonyl (C=O) groups is 1. The summed E-state index contributed by atoms with van der Waals surface area (Å²) in [6.07, 6.45) is 4.43. The lowest BCUT2D eigenvalue weighted by atomic mass is 9.72. The molecule has 4 rings (SSSR count). The molecule has 1 saturated heterocycles. The van der Waals surface area contributed by atoms with Gasteiger partial charge in [0.25, 0.3) is 0 Å². The molecule has 26 heavy (non-hydrogen) atoms. The van der Waals surface area contributed by atoms with Crippen LogP contribution in [0.3, 0.4) is 0 Å². The highest BCUT2D eigenvalue weighted by atomic mass is 16.5. The summed E-state index contributed by atoms with van der Waals surface area (Å²) >= 11 is 0. The first-order valence-electron chi connectivity index (χ1n) is 9.14. The first-order valence-corrected chi connectivity index (χ1v) is 9.14. The second kappa shape index (κ2) is 6.68. The van der Waals surface area contributed by atoms with E-state index in [0.717, 1.165) is 35.1 Å². The van der Waals surface area contributed by atoms with Crippen LogP contribution in [0, 0.1) is 11.8 Å². The minimum atomic E-state index is -0.997. The zero-order chi connectivity index (χ0) is 18.3. The Balaban J connectivity index is 1.74. The zero-order valence-corrected chi connectivity index (χ0v) is 15.0. The number of fused-ring (bicyclic) bond motifs is 3. The van der Waals surface area contributed by atoms with E-state index >= 15 is 0 Å². The molecule has 0 aromatic carbocycles. The van der Waals surface area contributed by atoms with E-state index in [9.17, 15) is 9.82 Å². The molecule has 8 heteroatoms. The molecule has 136 valence electrons. The first-order chi connectivity index (χ1) is 12.6. The maximum absolute atomic E-state index is 12.3. The number of aromatic nitrogens is 2. The predicted molar refractivity (Wildman–Crippen MR) is 101 cm³/mol. The number of hydrogen-bond acceptors (Lipinski definition) is 4. The fourth-order valence-electron chi connectivity index (χ4n) is 4.01. The molecule has 3 N–H and O–H groups in total. The third kappa shape index (κ3) is 2.84. The third-order valence-electron chi connectivity index (χ3n) is 5.38. The van der Waals surface area contributed by atoms with Gasteiger partial charge >= 0.3 is 13.1 Å². The average Bonchev–Trinajstić information content (AvgIpc) is 3.10. The summed E-state index contributed by atoms with van der Waals surface area (Å²) in [7, 11) is -0.997. The second-order valence-electron chi connectivity index (χ2n) is 7.02. The summed E-state index contributed by atoms with van der Waals surface area (Å²) in [6, 6.07) is 1.95. The summed E-state index contributed by atoms with van der Waals surface area (Å²) < 4.78 is 5.59. The smallest absolute Gasteiger partial charge is 0.531 e. The molecule has 2 aromatic heterocycles. The van der Waals surface area contributed by atoms with Crippen LogP contribution in [0.1, 0.15) is 25.8 Å². The Hall–Kier alpha value is -2.48. The van der Waals surface area contributed by atoms with Gasteiger partial charge in [0.15, 0.2) is 0 Å². The molecule has 0 spiro atoms. The van der Waals surface area contributed by atoms with Gasteiger partial charge in [0.05, 0.1) is 6.20 Å². The van der Waals surface area contributed by atoms with Crippen molar-refractivity contribution < 1.29 is 14.5 Å². The first kappa shape index (κ1) is 17.0. The number of nitrogens with zero attached hydrogens (tertiary/aromatic N) is 2. The highest BCUT2D eigenvalue weighted by molar-refractivity contribution is 6.52. The SMILES string of the molecule is CCNC(=O)N1CCC(C)[C@H](C2=CB(O)Oc3cnc4[nH]ccc4c32)C1. The summed E-state index contributed by atoms with van der Waals surface area (Å²) in [5.74, 6) is 2.89. The van der Waals surface area contributed by atoms with E-state index in [-0.39, 0.29) is 11.9 Å². The van der Waals surface area contributed by atoms with Gasteiger partial charge in [-0.05, 0) is 36.9 Å². The number of amides is 2. The van der Waals surface area contributed by atoms with Crippen molar-refractivity contribution >= 4 is 29.8 Å². The fraction of sp³-hybridized carbons (Fsp3) is 0.444. The standard InChI is InChI=1S/C18H23BN4O3/c1-3-20-18(24)23-7-5-11(2)14(10-23)13-8-19(25)26-15-9-22-17-12(16(13)15)4-6-21-17/h4,6,8-9,11,14,25H,3,5,7,10H2,1-2H3,(H,20,24)(H,21,22)/t11?,14-/m1/s1. The maximum atomic E-state index is 12.3. The monoisotopic (exact) mass is 354 g/mol. The van der Waals surface area contributed by atoms with Gasteiger partial charge in [-0.1, -0.05) is 6.92 Å². The van der Waals surface area contributed by atoms with Crippen molar-refractivity contribution in [1.29, 1.82) is 0 Å². The number of H-pyrrole nitrogens is 1. The molecule has 0 bridgehead atoms. The van der Waals surface area contributed by atoms with Crippen LogP contribution in [-0.4, -0.2) is 52.7 Å². The molecule has 1 unspecified atom stereocenters. The van der Waals surface area contributed by atoms with E-state index in [1.165, 1.54) is 0 Å². The molecule has 1 fully saturated rings. The Morgan fingerprint density at radius 3 is 3.23 bits per heavy atom. The summed E-state index contributed by atoms with van der Waals surface area (Å²) in [4.78, 5) is 21.7. The van der Waals surface area contributed by atoms with Crippen LogP contribution in [0.15, 0.2) is 24.4 Å². The van der Waals surface area contributed by atoms with Crippen molar-refractivity contribution in [2.45, 2.75) is 20.3 Å². The Labute approximate surface area is 152 Å². The number of hydrogen-bond donors (Lipinski definition) is 3. The Kier molecular flexibility index (Phi) is 4.36. The average molecular weight is 354 g/mol. The van der Waals surface area contributed by atoms with Crippen molar-refractivity contribution in [2.24, 2.45) is 11.8 Å². The molecular weight excluding hydrogens is 331 g/mol. The fourth-order valence-corrected chi connectivity index (χ4v) is 4.01. The summed E-state index contributed by atoms with van der Waals surface area (Å²) in [6.45, 7) is 6.11. The molecule has 2 aliphatic rings. The molecular formula is C18H23BN4O3. The number of piperidine rings is 1. The van der Waals surface area contributed by atoms with Gasteiger partial charge in [-0.15, -0.1) is 0 Å². The van der Waals surface area contributed by atoms with Gasteiger partial charge in [0, 0.05) is 42.7 Å². The van der Waals surface area contributed by atoms with Crippen LogP contribution in [0.5, 0.6) is 5.75 Å². The van der Waals surface area contributed by atoms with Crippen LogP contribution in [0.4, 0.5) is 4.79 Å². The van der Waals surface area contributed by atoms with Gasteiger partial charge in [0.1, 0.15) is 11.4 Å². The predicted octanol–water partition coefficient (Wildman–Crippen LogP) is 2.05. The van der Waals surface area contributed by atoms with Crippen LogP contribution in [0.25, 0.3) is 16.6 Å². The normalized spacial score (nSPS) is 22.7. The minimum absolute atomic E-state index is 0.0284. The number of urea groups is 1. The third-order valence-corrected chi connectivity index (χ3v) is 5.38. The molecule has 2 aromatic rings. The maximum Gasteiger partial charge on any atom is 0.552 e. The van der Waals surface area contributed by atoms with E-state index in [1.807, 2.05) is 24.1 Å². The van der Waals surface area contributed by atoms with Gasteiger partial charge in [-0.3, -0.25) is 0 Å². The Bertz CT molecular complexity index is 865. The van der Waals surface area contributed by atoms with E-state index < -0.39 is 7.12 Å². The van der Waals surface area contributed by atoms with Crippen molar-refractivity contribution in [1.82, 2.24) is 20.2 Å². The van der Waals surface area contributed by atoms with Crippen molar-refractivity contribution in [3.63, 3.8) is 0 Å².